The summed E-state index contributed by atoms with van der Waals surface area (Å²) >= 11 is 9.41. The standard InChI is InChI=1S/C19H21BrClN3O3S/c1-14(17-7-2-3-8-18(17)20)22-19(25)23-9-11-24(12-10-23)28(26,27)16-6-4-5-15(21)13-16/h2-8,13-14H,9-12H2,1H3,(H,22,25). The maximum atomic E-state index is 12.8. The predicted molar refractivity (Wildman–Crippen MR) is 113 cm³/mol. The average Bonchev–Trinajstić information content (AvgIpc) is 2.68. The van der Waals surface area contributed by atoms with E-state index in [1.165, 1.54) is 16.4 Å². The van der Waals surface area contributed by atoms with Crippen LogP contribution in [-0.2, 0) is 10.0 Å². The molecule has 6 nitrogen and oxygen atoms in total. The van der Waals surface area contributed by atoms with Crippen molar-refractivity contribution in [3.8, 4) is 0 Å². The Bertz CT molecular complexity index is 962. The number of rotatable bonds is 4. The normalized spacial score (nSPS) is 16.6. The van der Waals surface area contributed by atoms with Crippen molar-refractivity contribution in [3.05, 3.63) is 63.6 Å². The number of hydrogen-bond donors (Lipinski definition) is 1. The molecule has 0 bridgehead atoms. The molecule has 150 valence electrons. The van der Waals surface area contributed by atoms with Crippen molar-refractivity contribution in [2.24, 2.45) is 0 Å². The van der Waals surface area contributed by atoms with E-state index in [9.17, 15) is 13.2 Å². The molecule has 1 aliphatic rings. The van der Waals surface area contributed by atoms with Gasteiger partial charge in [0.15, 0.2) is 0 Å². The number of amides is 2. The third-order valence-corrected chi connectivity index (χ3v) is 7.52. The van der Waals surface area contributed by atoms with Crippen molar-refractivity contribution in [1.82, 2.24) is 14.5 Å². The number of urea groups is 1. The van der Waals surface area contributed by atoms with Gasteiger partial charge in [0, 0.05) is 35.7 Å². The fourth-order valence-corrected chi connectivity index (χ4v) is 5.44. The fourth-order valence-electron chi connectivity index (χ4n) is 3.09. The van der Waals surface area contributed by atoms with Gasteiger partial charge in [-0.25, -0.2) is 13.2 Å². The Kier molecular flexibility index (Phi) is 6.65. The minimum Gasteiger partial charge on any atom is -0.331 e. The molecule has 0 saturated carbocycles. The van der Waals surface area contributed by atoms with Crippen LogP contribution in [0.4, 0.5) is 4.79 Å². The maximum Gasteiger partial charge on any atom is 0.317 e. The summed E-state index contributed by atoms with van der Waals surface area (Å²) in [6.07, 6.45) is 0. The summed E-state index contributed by atoms with van der Waals surface area (Å²) in [6, 6.07) is 13.6. The average molecular weight is 487 g/mol. The van der Waals surface area contributed by atoms with Crippen LogP contribution in [0, 0.1) is 0 Å². The summed E-state index contributed by atoms with van der Waals surface area (Å²) in [4.78, 5) is 14.4. The van der Waals surface area contributed by atoms with Crippen LogP contribution in [0.1, 0.15) is 18.5 Å². The quantitative estimate of drug-likeness (QED) is 0.713. The number of sulfonamides is 1. The summed E-state index contributed by atoms with van der Waals surface area (Å²) in [7, 11) is -3.62. The van der Waals surface area contributed by atoms with Crippen molar-refractivity contribution in [2.75, 3.05) is 26.2 Å². The van der Waals surface area contributed by atoms with Crippen LogP contribution in [0.15, 0.2) is 57.9 Å². The molecule has 2 amide bonds. The Morgan fingerprint density at radius 1 is 1.11 bits per heavy atom. The third kappa shape index (κ3) is 4.68. The lowest BCUT2D eigenvalue weighted by Crippen LogP contribution is -2.53. The van der Waals surface area contributed by atoms with Crippen LogP contribution in [0.5, 0.6) is 0 Å². The molecule has 0 aromatic heterocycles. The molecule has 1 fully saturated rings. The SMILES string of the molecule is CC(NC(=O)N1CCN(S(=O)(=O)c2cccc(Cl)c2)CC1)c1ccccc1Br. The highest BCUT2D eigenvalue weighted by molar-refractivity contribution is 9.10. The van der Waals surface area contributed by atoms with E-state index in [-0.39, 0.29) is 30.1 Å². The minimum absolute atomic E-state index is 0.167. The first kappa shape index (κ1) is 21.1. The number of carbonyl (C=O) groups is 1. The van der Waals surface area contributed by atoms with Crippen LogP contribution in [0.2, 0.25) is 5.02 Å². The summed E-state index contributed by atoms with van der Waals surface area (Å²) in [5, 5.41) is 3.35. The monoisotopic (exact) mass is 485 g/mol. The number of nitrogens with zero attached hydrogens (tertiary/aromatic N) is 2. The highest BCUT2D eigenvalue weighted by Crippen LogP contribution is 2.24. The molecule has 0 aliphatic carbocycles. The van der Waals surface area contributed by atoms with E-state index >= 15 is 0 Å². The van der Waals surface area contributed by atoms with E-state index in [4.69, 9.17) is 11.6 Å². The van der Waals surface area contributed by atoms with E-state index in [2.05, 4.69) is 21.2 Å². The molecule has 9 heteroatoms. The van der Waals surface area contributed by atoms with Crippen LogP contribution in [0.3, 0.4) is 0 Å². The number of nitrogens with one attached hydrogen (secondary N) is 1. The smallest absolute Gasteiger partial charge is 0.317 e. The molecule has 1 aliphatic heterocycles. The van der Waals surface area contributed by atoms with Gasteiger partial charge in [0.2, 0.25) is 10.0 Å². The Balaban J connectivity index is 1.60. The molecule has 3 rings (SSSR count). The van der Waals surface area contributed by atoms with Crippen LogP contribution in [-0.4, -0.2) is 49.8 Å². The largest absolute Gasteiger partial charge is 0.331 e. The second-order valence-electron chi connectivity index (χ2n) is 6.54. The van der Waals surface area contributed by atoms with Crippen molar-refractivity contribution < 1.29 is 13.2 Å². The van der Waals surface area contributed by atoms with Gasteiger partial charge in [0.05, 0.1) is 10.9 Å². The van der Waals surface area contributed by atoms with Gasteiger partial charge >= 0.3 is 6.03 Å². The first-order chi connectivity index (χ1) is 13.3. The molecule has 2 aromatic rings. The first-order valence-corrected chi connectivity index (χ1v) is 11.5. The molecule has 1 unspecified atom stereocenters. The van der Waals surface area contributed by atoms with Gasteiger partial charge in [-0.1, -0.05) is 51.8 Å². The van der Waals surface area contributed by atoms with Gasteiger partial charge < -0.3 is 10.2 Å². The number of carbonyl (C=O) groups excluding carboxylic acids is 1. The van der Waals surface area contributed by atoms with E-state index in [0.29, 0.717) is 18.1 Å². The van der Waals surface area contributed by atoms with E-state index in [1.54, 1.807) is 17.0 Å². The lowest BCUT2D eigenvalue weighted by molar-refractivity contribution is 0.169. The third-order valence-electron chi connectivity index (χ3n) is 4.67. The molecule has 1 saturated heterocycles. The number of hydrogen-bond acceptors (Lipinski definition) is 3. The second kappa shape index (κ2) is 8.82. The number of halogens is 2. The Labute approximate surface area is 178 Å². The van der Waals surface area contributed by atoms with Crippen LogP contribution in [0.25, 0.3) is 0 Å². The molecule has 0 radical (unpaired) electrons. The molecule has 0 spiro atoms. The van der Waals surface area contributed by atoms with Crippen molar-refractivity contribution in [2.45, 2.75) is 17.9 Å². The summed E-state index contributed by atoms with van der Waals surface area (Å²) in [5.74, 6) is 0. The summed E-state index contributed by atoms with van der Waals surface area (Å²) in [5.41, 5.74) is 0.984. The van der Waals surface area contributed by atoms with E-state index < -0.39 is 10.0 Å². The van der Waals surface area contributed by atoms with E-state index in [0.717, 1.165) is 10.0 Å². The van der Waals surface area contributed by atoms with Crippen molar-refractivity contribution in [1.29, 1.82) is 0 Å². The van der Waals surface area contributed by atoms with Crippen LogP contribution >= 0.6 is 27.5 Å². The Hall–Kier alpha value is -1.61. The zero-order valence-electron chi connectivity index (χ0n) is 15.3. The van der Waals surface area contributed by atoms with Crippen molar-refractivity contribution >= 4 is 43.6 Å². The van der Waals surface area contributed by atoms with Gasteiger partial charge in [-0.05, 0) is 36.8 Å². The molecular formula is C19H21BrClN3O3S. The lowest BCUT2D eigenvalue weighted by atomic mass is 10.1. The number of benzene rings is 2. The van der Waals surface area contributed by atoms with Gasteiger partial charge in [0.1, 0.15) is 0 Å². The highest BCUT2D eigenvalue weighted by Gasteiger charge is 2.30. The first-order valence-electron chi connectivity index (χ1n) is 8.84. The zero-order valence-corrected chi connectivity index (χ0v) is 18.5. The number of piperazine rings is 1. The molecule has 1 N–H and O–H groups in total. The fraction of sp³-hybridized carbons (Fsp3) is 0.316. The lowest BCUT2D eigenvalue weighted by Gasteiger charge is -2.34. The Morgan fingerprint density at radius 2 is 1.79 bits per heavy atom. The molecular weight excluding hydrogens is 466 g/mol. The summed E-state index contributed by atoms with van der Waals surface area (Å²) in [6.45, 7) is 3.05. The second-order valence-corrected chi connectivity index (χ2v) is 9.77. The maximum absolute atomic E-state index is 12.8. The van der Waals surface area contributed by atoms with Gasteiger partial charge in [-0.15, -0.1) is 0 Å². The van der Waals surface area contributed by atoms with Crippen LogP contribution < -0.4 is 5.32 Å². The van der Waals surface area contributed by atoms with Crippen molar-refractivity contribution in [3.63, 3.8) is 0 Å². The zero-order chi connectivity index (χ0) is 20.3. The molecule has 1 atom stereocenters. The topological polar surface area (TPSA) is 69.7 Å². The minimum atomic E-state index is -3.62. The predicted octanol–water partition coefficient (Wildman–Crippen LogP) is 3.88. The molecule has 1 heterocycles. The van der Waals surface area contributed by atoms with Gasteiger partial charge in [0.25, 0.3) is 0 Å². The molecule has 28 heavy (non-hydrogen) atoms. The highest BCUT2D eigenvalue weighted by atomic mass is 79.9. The molecule has 2 aromatic carbocycles. The summed E-state index contributed by atoms with van der Waals surface area (Å²) < 4.78 is 27.8. The van der Waals surface area contributed by atoms with E-state index in [1.807, 2.05) is 31.2 Å². The van der Waals surface area contributed by atoms with Gasteiger partial charge in [-0.2, -0.15) is 4.31 Å². The Morgan fingerprint density at radius 3 is 2.43 bits per heavy atom. The van der Waals surface area contributed by atoms with Gasteiger partial charge in [-0.3, -0.25) is 0 Å².